The number of rotatable bonds is 8. The number of para-hydroxylation sites is 4. The van der Waals surface area contributed by atoms with Crippen molar-refractivity contribution in [3.05, 3.63) is 231 Å². The van der Waals surface area contributed by atoms with Gasteiger partial charge in [0.25, 0.3) is 0 Å². The van der Waals surface area contributed by atoms with Gasteiger partial charge in [-0.15, -0.1) is 0 Å². The number of nitrogens with zero attached hydrogens (tertiary/aromatic N) is 2. The Hall–Kier alpha value is -7.42. The Morgan fingerprint density at radius 2 is 0.750 bits per heavy atom. The van der Waals surface area contributed by atoms with E-state index in [1.54, 1.807) is 0 Å². The largest absolute Gasteiger partial charge is 0.310 e. The molecule has 0 bridgehead atoms. The van der Waals surface area contributed by atoms with Crippen LogP contribution in [0.2, 0.25) is 0 Å². The molecule has 1 aromatic heterocycles. The molecule has 0 saturated heterocycles. The van der Waals surface area contributed by atoms with Gasteiger partial charge in [0.1, 0.15) is 0 Å². The van der Waals surface area contributed by atoms with Crippen LogP contribution < -0.4 is 4.90 Å². The van der Waals surface area contributed by atoms with E-state index in [0.29, 0.717) is 0 Å². The third kappa shape index (κ3) is 5.95. The molecule has 264 valence electrons. The Kier molecular flexibility index (Phi) is 8.55. The van der Waals surface area contributed by atoms with Crippen LogP contribution in [-0.2, 0) is 0 Å². The highest BCUT2D eigenvalue weighted by Crippen LogP contribution is 2.45. The van der Waals surface area contributed by atoms with Crippen molar-refractivity contribution in [3.8, 4) is 50.2 Å². The summed E-state index contributed by atoms with van der Waals surface area (Å²) in [6.07, 6.45) is 0. The van der Waals surface area contributed by atoms with Gasteiger partial charge in [0.15, 0.2) is 0 Å². The lowest BCUT2D eigenvalue weighted by molar-refractivity contribution is 1.18. The van der Waals surface area contributed by atoms with Gasteiger partial charge in [0.2, 0.25) is 0 Å². The van der Waals surface area contributed by atoms with Crippen molar-refractivity contribution in [2.45, 2.75) is 0 Å². The van der Waals surface area contributed by atoms with Gasteiger partial charge in [0, 0.05) is 33.4 Å². The second kappa shape index (κ2) is 14.4. The van der Waals surface area contributed by atoms with E-state index in [1.165, 1.54) is 60.8 Å². The molecule has 0 fully saturated rings. The van der Waals surface area contributed by atoms with Gasteiger partial charge in [-0.2, -0.15) is 0 Å². The minimum atomic E-state index is 1.09. The normalized spacial score (nSPS) is 11.2. The highest BCUT2D eigenvalue weighted by atomic mass is 15.1. The molecule has 0 N–H and O–H groups in total. The van der Waals surface area contributed by atoms with Gasteiger partial charge in [-0.1, -0.05) is 176 Å². The molecular formula is C54H38N2. The van der Waals surface area contributed by atoms with E-state index in [-0.39, 0.29) is 0 Å². The lowest BCUT2D eigenvalue weighted by Gasteiger charge is -2.28. The standard InChI is InChI=1S/C54H38N2/c1-3-18-40(19-4-1)45-24-7-8-25-46(45)47-26-9-10-27-48(47)49-28-11-14-31-52(49)55(42-21-5-2-6-22-42)43-36-34-39(35-37-43)41-20-17-23-44(38-41)56-53-32-15-12-29-50(53)51-30-13-16-33-54(51)56/h1-38H. The fourth-order valence-electron chi connectivity index (χ4n) is 8.27. The summed E-state index contributed by atoms with van der Waals surface area (Å²) in [6, 6.07) is 83.0. The van der Waals surface area contributed by atoms with Crippen LogP contribution in [0.25, 0.3) is 72.0 Å². The molecule has 10 rings (SSSR count). The number of benzene rings is 9. The molecule has 0 radical (unpaired) electrons. The highest BCUT2D eigenvalue weighted by Gasteiger charge is 2.20. The maximum atomic E-state index is 2.38. The zero-order chi connectivity index (χ0) is 37.3. The summed E-state index contributed by atoms with van der Waals surface area (Å²) in [5, 5.41) is 2.53. The molecule has 0 aliphatic carbocycles. The summed E-state index contributed by atoms with van der Waals surface area (Å²) < 4.78 is 2.38. The van der Waals surface area contributed by atoms with E-state index >= 15 is 0 Å². The molecule has 0 aliphatic rings. The van der Waals surface area contributed by atoms with Gasteiger partial charge in [-0.25, -0.2) is 0 Å². The van der Waals surface area contributed by atoms with Crippen molar-refractivity contribution in [2.75, 3.05) is 4.90 Å². The SMILES string of the molecule is c1ccc(-c2ccccc2-c2ccccc2-c2ccccc2N(c2ccccc2)c2ccc(-c3cccc(-n4c5ccccc5c5ccccc54)c3)cc2)cc1. The van der Waals surface area contributed by atoms with E-state index in [4.69, 9.17) is 0 Å². The van der Waals surface area contributed by atoms with Gasteiger partial charge >= 0.3 is 0 Å². The predicted molar refractivity (Wildman–Crippen MR) is 237 cm³/mol. The summed E-state index contributed by atoms with van der Waals surface area (Å²) in [5.41, 5.74) is 16.4. The number of hydrogen-bond donors (Lipinski definition) is 0. The number of aromatic nitrogens is 1. The third-order valence-electron chi connectivity index (χ3n) is 10.8. The van der Waals surface area contributed by atoms with Gasteiger partial charge in [0.05, 0.1) is 16.7 Å². The van der Waals surface area contributed by atoms with Crippen LogP contribution in [0.3, 0.4) is 0 Å². The first-order valence-electron chi connectivity index (χ1n) is 19.2. The zero-order valence-corrected chi connectivity index (χ0v) is 30.8. The fourth-order valence-corrected chi connectivity index (χ4v) is 8.27. The van der Waals surface area contributed by atoms with Crippen LogP contribution in [-0.4, -0.2) is 4.57 Å². The van der Waals surface area contributed by atoms with Crippen molar-refractivity contribution in [2.24, 2.45) is 0 Å². The monoisotopic (exact) mass is 714 g/mol. The Balaban J connectivity index is 1.07. The van der Waals surface area contributed by atoms with Gasteiger partial charge in [-0.05, 0) is 93.5 Å². The van der Waals surface area contributed by atoms with Crippen LogP contribution in [0.1, 0.15) is 0 Å². The van der Waals surface area contributed by atoms with Crippen LogP contribution in [0.4, 0.5) is 17.1 Å². The highest BCUT2D eigenvalue weighted by molar-refractivity contribution is 6.09. The maximum Gasteiger partial charge on any atom is 0.0541 e. The van der Waals surface area contributed by atoms with Gasteiger partial charge < -0.3 is 9.47 Å². The Labute approximate surface area is 327 Å². The molecule has 56 heavy (non-hydrogen) atoms. The van der Waals surface area contributed by atoms with Crippen molar-refractivity contribution in [3.63, 3.8) is 0 Å². The molecule has 0 saturated carbocycles. The van der Waals surface area contributed by atoms with E-state index in [0.717, 1.165) is 28.3 Å². The Bertz CT molecular complexity index is 2910. The molecule has 0 atom stereocenters. The lowest BCUT2D eigenvalue weighted by atomic mass is 9.88. The molecule has 0 unspecified atom stereocenters. The molecule has 0 amide bonds. The van der Waals surface area contributed by atoms with Crippen molar-refractivity contribution < 1.29 is 0 Å². The average molecular weight is 715 g/mol. The zero-order valence-electron chi connectivity index (χ0n) is 30.8. The Morgan fingerprint density at radius 1 is 0.286 bits per heavy atom. The average Bonchev–Trinajstić information content (AvgIpc) is 3.62. The minimum absolute atomic E-state index is 1.09. The first-order valence-corrected chi connectivity index (χ1v) is 19.2. The third-order valence-corrected chi connectivity index (χ3v) is 10.8. The molecule has 0 aliphatic heterocycles. The van der Waals surface area contributed by atoms with Crippen LogP contribution in [0.15, 0.2) is 231 Å². The van der Waals surface area contributed by atoms with E-state index in [9.17, 15) is 0 Å². The number of fused-ring (bicyclic) bond motifs is 3. The molecule has 2 nitrogen and oxygen atoms in total. The van der Waals surface area contributed by atoms with Gasteiger partial charge in [-0.3, -0.25) is 0 Å². The Morgan fingerprint density at radius 3 is 1.41 bits per heavy atom. The van der Waals surface area contributed by atoms with E-state index in [1.807, 2.05) is 0 Å². The topological polar surface area (TPSA) is 8.17 Å². The minimum Gasteiger partial charge on any atom is -0.310 e. The maximum absolute atomic E-state index is 2.38. The predicted octanol–water partition coefficient (Wildman–Crippen LogP) is 14.9. The summed E-state index contributed by atoms with van der Waals surface area (Å²) in [5.74, 6) is 0. The number of hydrogen-bond acceptors (Lipinski definition) is 1. The molecule has 10 aromatic rings. The second-order valence-electron chi connectivity index (χ2n) is 14.1. The van der Waals surface area contributed by atoms with Crippen LogP contribution >= 0.6 is 0 Å². The summed E-state index contributed by atoms with van der Waals surface area (Å²) >= 11 is 0. The van der Waals surface area contributed by atoms with E-state index < -0.39 is 0 Å². The smallest absolute Gasteiger partial charge is 0.0541 e. The molecule has 0 spiro atoms. The lowest BCUT2D eigenvalue weighted by Crippen LogP contribution is -2.11. The molecule has 1 heterocycles. The summed E-state index contributed by atoms with van der Waals surface area (Å²) in [7, 11) is 0. The first-order chi connectivity index (χ1) is 27.8. The fraction of sp³-hybridized carbons (Fsp3) is 0. The van der Waals surface area contributed by atoms with Crippen LogP contribution in [0, 0.1) is 0 Å². The summed E-state index contributed by atoms with van der Waals surface area (Å²) in [6.45, 7) is 0. The first kappa shape index (κ1) is 33.2. The molecule has 9 aromatic carbocycles. The van der Waals surface area contributed by atoms with Crippen molar-refractivity contribution in [1.29, 1.82) is 0 Å². The van der Waals surface area contributed by atoms with Crippen molar-refractivity contribution in [1.82, 2.24) is 4.57 Å². The quantitative estimate of drug-likeness (QED) is 0.152. The molecule has 2 heteroatoms. The second-order valence-corrected chi connectivity index (χ2v) is 14.1. The summed E-state index contributed by atoms with van der Waals surface area (Å²) in [4.78, 5) is 2.38. The number of anilines is 3. The van der Waals surface area contributed by atoms with Crippen molar-refractivity contribution >= 4 is 38.9 Å². The molecular weight excluding hydrogens is 677 g/mol. The van der Waals surface area contributed by atoms with Crippen LogP contribution in [0.5, 0.6) is 0 Å². The van der Waals surface area contributed by atoms with E-state index in [2.05, 4.69) is 240 Å².